The van der Waals surface area contributed by atoms with Gasteiger partial charge in [-0.25, -0.2) is 12.8 Å². The smallest absolute Gasteiger partial charge is 0.269 e. The van der Waals surface area contributed by atoms with E-state index in [4.69, 9.17) is 0 Å². The first-order chi connectivity index (χ1) is 15.1. The zero-order valence-electron chi connectivity index (χ0n) is 17.2. The number of carbonyl (C=O) groups is 1. The first kappa shape index (κ1) is 22.9. The molecule has 2 N–H and O–H groups in total. The third-order valence-electron chi connectivity index (χ3n) is 4.79. The Morgan fingerprint density at radius 1 is 1.06 bits per heavy atom. The van der Waals surface area contributed by atoms with Crippen LogP contribution in [0.1, 0.15) is 34.5 Å². The second-order valence-electron chi connectivity index (χ2n) is 7.14. The minimum absolute atomic E-state index is 0.0975. The van der Waals surface area contributed by atoms with Crippen molar-refractivity contribution in [1.82, 2.24) is 5.32 Å². The molecule has 3 rings (SSSR count). The lowest BCUT2D eigenvalue weighted by Crippen LogP contribution is -2.27. The molecule has 166 valence electrons. The number of anilines is 1. The molecule has 0 spiro atoms. The maximum atomic E-state index is 13.1. The van der Waals surface area contributed by atoms with Gasteiger partial charge in [0.15, 0.2) is 0 Å². The molecule has 0 saturated heterocycles. The number of nitrogens with zero attached hydrogens (tertiary/aromatic N) is 1. The van der Waals surface area contributed by atoms with Gasteiger partial charge in [-0.3, -0.25) is 19.6 Å². The van der Waals surface area contributed by atoms with Crippen molar-refractivity contribution >= 4 is 27.3 Å². The highest BCUT2D eigenvalue weighted by molar-refractivity contribution is 7.92. The number of hydrogen-bond donors (Lipinski definition) is 2. The monoisotopic (exact) mass is 457 g/mol. The Balaban J connectivity index is 1.83. The minimum atomic E-state index is -4.02. The van der Waals surface area contributed by atoms with Crippen molar-refractivity contribution in [2.75, 3.05) is 4.72 Å². The van der Waals surface area contributed by atoms with Crippen LogP contribution in [-0.4, -0.2) is 19.2 Å². The predicted octanol–water partition coefficient (Wildman–Crippen LogP) is 4.33. The lowest BCUT2D eigenvalue weighted by atomic mass is 10.1. The van der Waals surface area contributed by atoms with Crippen molar-refractivity contribution in [2.45, 2.75) is 24.8 Å². The summed E-state index contributed by atoms with van der Waals surface area (Å²) in [6.07, 6.45) is 0. The fraction of sp³-hybridized carbons (Fsp3) is 0.136. The highest BCUT2D eigenvalue weighted by atomic mass is 32.2. The highest BCUT2D eigenvalue weighted by Gasteiger charge is 2.20. The van der Waals surface area contributed by atoms with Gasteiger partial charge in [-0.1, -0.05) is 18.2 Å². The highest BCUT2D eigenvalue weighted by Crippen LogP contribution is 2.22. The van der Waals surface area contributed by atoms with Gasteiger partial charge < -0.3 is 5.32 Å². The summed E-state index contributed by atoms with van der Waals surface area (Å²) >= 11 is 0. The number of benzene rings is 3. The van der Waals surface area contributed by atoms with Gasteiger partial charge in [0.2, 0.25) is 0 Å². The molecule has 1 atom stereocenters. The van der Waals surface area contributed by atoms with Crippen LogP contribution in [0.3, 0.4) is 0 Å². The normalized spacial score (nSPS) is 12.1. The van der Waals surface area contributed by atoms with Gasteiger partial charge in [-0.05, 0) is 61.4 Å². The Kier molecular flexibility index (Phi) is 6.54. The lowest BCUT2D eigenvalue weighted by molar-refractivity contribution is -0.384. The topological polar surface area (TPSA) is 118 Å². The van der Waals surface area contributed by atoms with Gasteiger partial charge in [0.1, 0.15) is 5.82 Å². The summed E-state index contributed by atoms with van der Waals surface area (Å²) in [6.45, 7) is 3.33. The van der Waals surface area contributed by atoms with Gasteiger partial charge in [-0.15, -0.1) is 0 Å². The number of sulfonamides is 1. The molecule has 0 fully saturated rings. The van der Waals surface area contributed by atoms with Crippen LogP contribution in [0.25, 0.3) is 0 Å². The largest absolute Gasteiger partial charge is 0.346 e. The van der Waals surface area contributed by atoms with Crippen LogP contribution in [0, 0.1) is 22.9 Å². The molecule has 0 aliphatic carbocycles. The van der Waals surface area contributed by atoms with E-state index < -0.39 is 32.7 Å². The molecule has 3 aromatic rings. The van der Waals surface area contributed by atoms with Crippen LogP contribution < -0.4 is 10.0 Å². The summed E-state index contributed by atoms with van der Waals surface area (Å²) in [5.74, 6) is -1.03. The van der Waals surface area contributed by atoms with Crippen LogP contribution in [0.2, 0.25) is 0 Å². The summed E-state index contributed by atoms with van der Waals surface area (Å²) in [7, 11) is -4.02. The van der Waals surface area contributed by atoms with Gasteiger partial charge in [0, 0.05) is 23.4 Å². The SMILES string of the molecule is Cc1ccc(S(=O)(=O)Nc2ccc(F)cc2)cc1C(=O)NC(C)c1cccc([N+](=O)[O-])c1. The number of rotatable bonds is 7. The predicted molar refractivity (Wildman–Crippen MR) is 117 cm³/mol. The Morgan fingerprint density at radius 2 is 1.75 bits per heavy atom. The summed E-state index contributed by atoms with van der Waals surface area (Å²) in [4.78, 5) is 23.2. The number of nitro benzene ring substituents is 1. The van der Waals surface area contributed by atoms with Crippen LogP contribution in [0.15, 0.2) is 71.6 Å². The minimum Gasteiger partial charge on any atom is -0.346 e. The maximum Gasteiger partial charge on any atom is 0.269 e. The van der Waals surface area contributed by atoms with Crippen molar-refractivity contribution in [3.8, 4) is 0 Å². The van der Waals surface area contributed by atoms with Crippen LogP contribution >= 0.6 is 0 Å². The number of hydrogen-bond acceptors (Lipinski definition) is 5. The molecule has 0 saturated carbocycles. The van der Waals surface area contributed by atoms with Gasteiger partial charge in [-0.2, -0.15) is 0 Å². The molecule has 0 heterocycles. The molecule has 8 nitrogen and oxygen atoms in total. The van der Waals surface area contributed by atoms with E-state index in [0.717, 1.165) is 12.1 Å². The molecule has 1 unspecified atom stereocenters. The number of carbonyl (C=O) groups excluding carboxylic acids is 1. The number of non-ortho nitro benzene ring substituents is 1. The van der Waals surface area contributed by atoms with E-state index in [0.29, 0.717) is 11.1 Å². The first-order valence-electron chi connectivity index (χ1n) is 9.51. The molecular weight excluding hydrogens is 437 g/mol. The molecule has 0 radical (unpaired) electrons. The van der Waals surface area contributed by atoms with Crippen LogP contribution in [0.5, 0.6) is 0 Å². The van der Waals surface area contributed by atoms with E-state index >= 15 is 0 Å². The van der Waals surface area contributed by atoms with Crippen LogP contribution in [-0.2, 0) is 10.0 Å². The van der Waals surface area contributed by atoms with Crippen LogP contribution in [0.4, 0.5) is 15.8 Å². The number of nitrogens with one attached hydrogen (secondary N) is 2. The summed E-state index contributed by atoms with van der Waals surface area (Å²) in [6, 6.07) is 14.3. The molecule has 32 heavy (non-hydrogen) atoms. The van der Waals surface area contributed by atoms with Crippen molar-refractivity contribution in [3.63, 3.8) is 0 Å². The standard InChI is InChI=1S/C22H20FN3O5S/c1-14-6-11-20(32(30,31)25-18-9-7-17(23)8-10-18)13-21(14)22(27)24-15(2)16-4-3-5-19(12-16)26(28)29/h3-13,15,25H,1-2H3,(H,24,27). The fourth-order valence-electron chi connectivity index (χ4n) is 3.01. The Bertz CT molecular complexity index is 1280. The van der Waals surface area contributed by atoms with Crippen molar-refractivity contribution in [2.24, 2.45) is 0 Å². The van der Waals surface area contributed by atoms with Gasteiger partial charge in [0.25, 0.3) is 21.6 Å². The van der Waals surface area contributed by atoms with E-state index in [1.165, 1.54) is 48.5 Å². The van der Waals surface area contributed by atoms with E-state index in [1.807, 2.05) is 0 Å². The molecule has 0 aliphatic heterocycles. The maximum absolute atomic E-state index is 13.1. The second-order valence-corrected chi connectivity index (χ2v) is 8.82. The third-order valence-corrected chi connectivity index (χ3v) is 6.17. The molecule has 10 heteroatoms. The fourth-order valence-corrected chi connectivity index (χ4v) is 4.09. The Hall–Kier alpha value is -3.79. The first-order valence-corrected chi connectivity index (χ1v) is 11.0. The van der Waals surface area contributed by atoms with Gasteiger partial charge >= 0.3 is 0 Å². The van der Waals surface area contributed by atoms with E-state index in [2.05, 4.69) is 10.0 Å². The second kappa shape index (κ2) is 9.15. The van der Waals surface area contributed by atoms with Gasteiger partial charge in [0.05, 0.1) is 15.9 Å². The number of halogens is 1. The zero-order valence-corrected chi connectivity index (χ0v) is 18.0. The Morgan fingerprint density at radius 3 is 2.41 bits per heavy atom. The average Bonchev–Trinajstić information content (AvgIpc) is 2.75. The molecule has 1 amide bonds. The van der Waals surface area contributed by atoms with E-state index in [9.17, 15) is 27.7 Å². The molecule has 0 bridgehead atoms. The number of nitro groups is 1. The molecule has 0 aromatic heterocycles. The number of aryl methyl sites for hydroxylation is 1. The average molecular weight is 457 g/mol. The van der Waals surface area contributed by atoms with Crippen molar-refractivity contribution in [1.29, 1.82) is 0 Å². The molecular formula is C22H20FN3O5S. The number of amides is 1. The summed E-state index contributed by atoms with van der Waals surface area (Å²) in [5, 5.41) is 13.7. The van der Waals surface area contributed by atoms with Crippen molar-refractivity contribution < 1.29 is 22.5 Å². The molecule has 0 aliphatic rings. The summed E-state index contributed by atoms with van der Waals surface area (Å²) < 4.78 is 40.8. The van der Waals surface area contributed by atoms with E-state index in [1.54, 1.807) is 19.9 Å². The molecule has 3 aromatic carbocycles. The quantitative estimate of drug-likeness (QED) is 0.404. The van der Waals surface area contributed by atoms with E-state index in [-0.39, 0.29) is 21.8 Å². The summed E-state index contributed by atoms with van der Waals surface area (Å²) in [5.41, 5.74) is 1.31. The Labute approximate surface area is 184 Å². The van der Waals surface area contributed by atoms with Crippen molar-refractivity contribution in [3.05, 3.63) is 99.4 Å². The third kappa shape index (κ3) is 5.27. The zero-order chi connectivity index (χ0) is 23.5. The lowest BCUT2D eigenvalue weighted by Gasteiger charge is -2.16.